The molecule has 4 rings (SSSR count). The lowest BCUT2D eigenvalue weighted by Crippen LogP contribution is -2.00. The van der Waals surface area contributed by atoms with Crippen molar-refractivity contribution in [3.8, 4) is 5.75 Å². The molecule has 0 bridgehead atoms. The van der Waals surface area contributed by atoms with Gasteiger partial charge in [-0.3, -0.25) is 0 Å². The minimum absolute atomic E-state index is 0.108. The van der Waals surface area contributed by atoms with E-state index in [1.807, 2.05) is 18.2 Å². The van der Waals surface area contributed by atoms with Crippen LogP contribution in [0, 0.1) is 5.82 Å². The highest BCUT2D eigenvalue weighted by atomic mass is 19.1. The molecule has 0 amide bonds. The van der Waals surface area contributed by atoms with Gasteiger partial charge in [0.05, 0.1) is 0 Å². The van der Waals surface area contributed by atoms with Crippen LogP contribution in [0.5, 0.6) is 5.75 Å². The highest BCUT2D eigenvalue weighted by Crippen LogP contribution is 2.35. The maximum atomic E-state index is 13.3. The Kier molecular flexibility index (Phi) is 2.30. The number of hydrogen-bond acceptors (Lipinski definition) is 3. The van der Waals surface area contributed by atoms with Crippen LogP contribution in [-0.2, 0) is 0 Å². The van der Waals surface area contributed by atoms with Crippen molar-refractivity contribution < 1.29 is 13.9 Å². The largest absolute Gasteiger partial charge is 0.506 e. The normalized spacial score (nSPS) is 11.5. The fourth-order valence-corrected chi connectivity index (χ4v) is 2.70. The van der Waals surface area contributed by atoms with Crippen molar-refractivity contribution in [3.63, 3.8) is 0 Å². The second kappa shape index (κ2) is 4.06. The number of phenolic OH excluding ortho intramolecular Hbond substituents is 1. The topological polar surface area (TPSA) is 50.4 Å². The van der Waals surface area contributed by atoms with E-state index >= 15 is 0 Å². The van der Waals surface area contributed by atoms with Crippen molar-refractivity contribution in [2.75, 3.05) is 0 Å². The maximum absolute atomic E-state index is 13.3. The molecule has 3 nitrogen and oxygen atoms in total. The summed E-state index contributed by atoms with van der Waals surface area (Å²) in [5, 5.41) is 13.0. The first-order valence-electron chi connectivity index (χ1n) is 6.42. The number of hydrogen-bond donors (Lipinski definition) is 1. The van der Waals surface area contributed by atoms with E-state index in [9.17, 15) is 14.3 Å². The van der Waals surface area contributed by atoms with Gasteiger partial charge < -0.3 is 9.52 Å². The van der Waals surface area contributed by atoms with Crippen LogP contribution >= 0.6 is 0 Å². The molecule has 3 aromatic carbocycles. The van der Waals surface area contributed by atoms with Crippen LogP contribution in [-0.4, -0.2) is 5.11 Å². The summed E-state index contributed by atoms with van der Waals surface area (Å²) in [6.07, 6.45) is 0. The second-order valence-electron chi connectivity index (χ2n) is 4.90. The maximum Gasteiger partial charge on any atom is 0.348 e. The summed E-state index contributed by atoms with van der Waals surface area (Å²) in [5.41, 5.74) is -0.506. The van der Waals surface area contributed by atoms with Crippen LogP contribution in [0.3, 0.4) is 0 Å². The molecule has 0 atom stereocenters. The Labute approximate surface area is 117 Å². The van der Waals surface area contributed by atoms with Gasteiger partial charge in [0.25, 0.3) is 0 Å². The van der Waals surface area contributed by atoms with Crippen LogP contribution in [0.15, 0.2) is 57.7 Å². The lowest BCUT2D eigenvalue weighted by molar-refractivity contribution is 0.483. The summed E-state index contributed by atoms with van der Waals surface area (Å²) in [6, 6.07) is 13.0. The average Bonchev–Trinajstić information content (AvgIpc) is 2.47. The van der Waals surface area contributed by atoms with E-state index in [2.05, 4.69) is 0 Å². The van der Waals surface area contributed by atoms with Crippen molar-refractivity contribution in [2.24, 2.45) is 0 Å². The molecule has 0 aliphatic rings. The highest BCUT2D eigenvalue weighted by Gasteiger charge is 2.14. The minimum Gasteiger partial charge on any atom is -0.506 e. The van der Waals surface area contributed by atoms with Gasteiger partial charge >= 0.3 is 5.63 Å². The number of benzene rings is 3. The summed E-state index contributed by atoms with van der Waals surface area (Å²) in [5.74, 6) is -0.585. The quantitative estimate of drug-likeness (QED) is 0.301. The predicted molar refractivity (Wildman–Crippen MR) is 79.1 cm³/mol. The summed E-state index contributed by atoms with van der Waals surface area (Å²) < 4.78 is 18.4. The van der Waals surface area contributed by atoms with Gasteiger partial charge in [0, 0.05) is 22.2 Å². The lowest BCUT2D eigenvalue weighted by Gasteiger charge is -2.07. The van der Waals surface area contributed by atoms with Gasteiger partial charge in [-0.2, -0.15) is 0 Å². The fourth-order valence-electron chi connectivity index (χ4n) is 2.70. The van der Waals surface area contributed by atoms with Crippen molar-refractivity contribution >= 4 is 32.5 Å². The first-order chi connectivity index (χ1) is 10.1. The highest BCUT2D eigenvalue weighted by molar-refractivity contribution is 6.13. The van der Waals surface area contributed by atoms with E-state index in [0.29, 0.717) is 16.2 Å². The van der Waals surface area contributed by atoms with Gasteiger partial charge in [-0.1, -0.05) is 24.3 Å². The zero-order valence-electron chi connectivity index (χ0n) is 10.8. The molecule has 1 aromatic heterocycles. The number of rotatable bonds is 0. The third-order valence-electron chi connectivity index (χ3n) is 3.66. The standard InChI is InChI=1S/C17H9FO3/c18-10-5-6-12-13-7-9-3-1-2-4-11(9)16(19)15(13)17(20)21-14(12)8-10/h1-8,19H. The van der Waals surface area contributed by atoms with E-state index in [-0.39, 0.29) is 16.7 Å². The minimum atomic E-state index is -0.675. The van der Waals surface area contributed by atoms with Gasteiger partial charge in [-0.15, -0.1) is 0 Å². The van der Waals surface area contributed by atoms with E-state index < -0.39 is 11.4 Å². The van der Waals surface area contributed by atoms with E-state index in [1.54, 1.807) is 18.2 Å². The molecule has 0 fully saturated rings. The zero-order chi connectivity index (χ0) is 14.6. The molecule has 0 saturated heterocycles. The van der Waals surface area contributed by atoms with E-state index in [1.165, 1.54) is 12.1 Å². The van der Waals surface area contributed by atoms with E-state index in [4.69, 9.17) is 4.42 Å². The van der Waals surface area contributed by atoms with E-state index in [0.717, 1.165) is 5.39 Å². The first kappa shape index (κ1) is 11.9. The average molecular weight is 280 g/mol. The van der Waals surface area contributed by atoms with Crippen molar-refractivity contribution in [3.05, 3.63) is 64.8 Å². The number of phenols is 1. The fraction of sp³-hybridized carbons (Fsp3) is 0. The van der Waals surface area contributed by atoms with Crippen LogP contribution < -0.4 is 5.63 Å². The zero-order valence-corrected chi connectivity index (χ0v) is 10.8. The molecule has 0 saturated carbocycles. The van der Waals surface area contributed by atoms with Crippen LogP contribution in [0.4, 0.5) is 4.39 Å². The molecule has 4 heteroatoms. The number of aromatic hydroxyl groups is 1. The molecule has 0 aliphatic carbocycles. The van der Waals surface area contributed by atoms with Crippen molar-refractivity contribution in [2.45, 2.75) is 0 Å². The molecular weight excluding hydrogens is 271 g/mol. The van der Waals surface area contributed by atoms with Gasteiger partial charge in [-0.25, -0.2) is 9.18 Å². The van der Waals surface area contributed by atoms with Crippen molar-refractivity contribution in [1.82, 2.24) is 0 Å². The Morgan fingerprint density at radius 2 is 1.76 bits per heavy atom. The predicted octanol–water partition coefficient (Wildman–Crippen LogP) is 3.94. The Morgan fingerprint density at radius 3 is 2.62 bits per heavy atom. The van der Waals surface area contributed by atoms with Crippen LogP contribution in [0.25, 0.3) is 32.5 Å². The summed E-state index contributed by atoms with van der Waals surface area (Å²) in [7, 11) is 0. The summed E-state index contributed by atoms with van der Waals surface area (Å²) in [4.78, 5) is 12.1. The molecular formula is C17H9FO3. The molecule has 1 heterocycles. The second-order valence-corrected chi connectivity index (χ2v) is 4.90. The monoisotopic (exact) mass is 280 g/mol. The molecule has 102 valence electrons. The van der Waals surface area contributed by atoms with Gasteiger partial charge in [0.1, 0.15) is 22.5 Å². The van der Waals surface area contributed by atoms with Crippen LogP contribution in [0.1, 0.15) is 0 Å². The lowest BCUT2D eigenvalue weighted by atomic mass is 10.0. The van der Waals surface area contributed by atoms with Crippen LogP contribution in [0.2, 0.25) is 0 Å². The number of fused-ring (bicyclic) bond motifs is 4. The molecule has 1 N–H and O–H groups in total. The smallest absolute Gasteiger partial charge is 0.348 e. The molecule has 0 spiro atoms. The molecule has 4 aromatic rings. The molecule has 0 unspecified atom stereocenters. The summed E-state index contributed by atoms with van der Waals surface area (Å²) in [6.45, 7) is 0. The molecule has 0 aliphatic heterocycles. The Hall–Kier alpha value is -2.88. The SMILES string of the molecule is O=c1oc2cc(F)ccc2c2cc3ccccc3c(O)c12. The Balaban J connectivity index is 2.35. The molecule has 21 heavy (non-hydrogen) atoms. The van der Waals surface area contributed by atoms with Gasteiger partial charge in [0.15, 0.2) is 0 Å². The third-order valence-corrected chi connectivity index (χ3v) is 3.66. The van der Waals surface area contributed by atoms with Gasteiger partial charge in [0.2, 0.25) is 0 Å². The Bertz CT molecular complexity index is 1080. The Morgan fingerprint density at radius 1 is 0.952 bits per heavy atom. The first-order valence-corrected chi connectivity index (χ1v) is 6.42. The summed E-state index contributed by atoms with van der Waals surface area (Å²) >= 11 is 0. The van der Waals surface area contributed by atoms with Crippen molar-refractivity contribution in [1.29, 1.82) is 0 Å². The number of halogens is 1. The van der Waals surface area contributed by atoms with Gasteiger partial charge in [-0.05, 0) is 23.6 Å². The molecule has 0 radical (unpaired) electrons. The third kappa shape index (κ3) is 1.62.